The topological polar surface area (TPSA) is 58.6 Å². The van der Waals surface area contributed by atoms with Crippen molar-refractivity contribution in [2.75, 3.05) is 72.8 Å². The zero-order valence-electron chi connectivity index (χ0n) is 19.3. The summed E-state index contributed by atoms with van der Waals surface area (Å²) in [5.74, 6) is 2.16. The van der Waals surface area contributed by atoms with E-state index >= 15 is 0 Å². The summed E-state index contributed by atoms with van der Waals surface area (Å²) in [5.41, 5.74) is 1.24. The third kappa shape index (κ3) is 7.28. The third-order valence-electron chi connectivity index (χ3n) is 6.76. The summed E-state index contributed by atoms with van der Waals surface area (Å²) >= 11 is 0. The van der Waals surface area contributed by atoms with E-state index in [1.807, 2.05) is 13.1 Å². The lowest BCUT2D eigenvalue weighted by molar-refractivity contribution is 0.00235. The normalized spacial score (nSPS) is 25.5. The van der Waals surface area contributed by atoms with E-state index in [0.717, 1.165) is 84.6 Å². The molecule has 180 valence electrons. The van der Waals surface area contributed by atoms with Gasteiger partial charge < -0.3 is 24.4 Å². The van der Waals surface area contributed by atoms with Crippen LogP contribution in [0.5, 0.6) is 0 Å². The number of likely N-dealkylation sites (tertiary alicyclic amines) is 1. The Morgan fingerprint density at radius 3 is 2.66 bits per heavy atom. The molecule has 0 aliphatic carbocycles. The predicted molar refractivity (Wildman–Crippen MR) is 138 cm³/mol. The molecule has 8 heteroatoms. The fourth-order valence-electron chi connectivity index (χ4n) is 4.97. The molecule has 0 aromatic heterocycles. The van der Waals surface area contributed by atoms with Crippen LogP contribution in [0, 0.1) is 11.8 Å². The number of halogens is 1. The molecule has 32 heavy (non-hydrogen) atoms. The van der Waals surface area contributed by atoms with E-state index in [1.54, 1.807) is 0 Å². The Kier molecular flexibility index (Phi) is 11.0. The highest BCUT2D eigenvalue weighted by molar-refractivity contribution is 14.0. The second kappa shape index (κ2) is 13.7. The standard InChI is InChI=1S/C24H38N4O3.HI/c1-25-24(26-15-23(22-8-12-30-19-22)27-10-13-29-14-11-27)28-9-7-21(16-28)18-31-17-20-5-3-2-4-6-20;/h2-6,21-23H,7-19H2,1H3,(H,25,26);1H. The monoisotopic (exact) mass is 558 g/mol. The molecule has 0 spiro atoms. The van der Waals surface area contributed by atoms with Crippen LogP contribution in [0.4, 0.5) is 0 Å². The lowest BCUT2D eigenvalue weighted by Crippen LogP contribution is -2.54. The van der Waals surface area contributed by atoms with Crippen LogP contribution in [-0.2, 0) is 20.8 Å². The van der Waals surface area contributed by atoms with E-state index < -0.39 is 0 Å². The lowest BCUT2D eigenvalue weighted by Gasteiger charge is -2.38. The Morgan fingerprint density at radius 2 is 1.94 bits per heavy atom. The van der Waals surface area contributed by atoms with Gasteiger partial charge in [-0.05, 0) is 18.4 Å². The molecule has 1 aromatic carbocycles. The van der Waals surface area contributed by atoms with Crippen molar-refractivity contribution >= 4 is 29.9 Å². The van der Waals surface area contributed by atoms with E-state index in [9.17, 15) is 0 Å². The van der Waals surface area contributed by atoms with Crippen molar-refractivity contribution in [1.82, 2.24) is 15.1 Å². The number of benzene rings is 1. The van der Waals surface area contributed by atoms with Crippen molar-refractivity contribution < 1.29 is 14.2 Å². The number of rotatable bonds is 8. The molecule has 1 aromatic rings. The molecule has 3 saturated heterocycles. The van der Waals surface area contributed by atoms with Gasteiger partial charge in [0.25, 0.3) is 0 Å². The van der Waals surface area contributed by atoms with Gasteiger partial charge in [-0.3, -0.25) is 9.89 Å². The van der Waals surface area contributed by atoms with Crippen LogP contribution >= 0.6 is 24.0 Å². The second-order valence-corrected chi connectivity index (χ2v) is 8.87. The highest BCUT2D eigenvalue weighted by Crippen LogP contribution is 2.22. The molecule has 7 nitrogen and oxygen atoms in total. The van der Waals surface area contributed by atoms with Crippen molar-refractivity contribution in [1.29, 1.82) is 0 Å². The quantitative estimate of drug-likeness (QED) is 0.301. The van der Waals surface area contributed by atoms with Crippen molar-refractivity contribution in [3.05, 3.63) is 35.9 Å². The summed E-state index contributed by atoms with van der Waals surface area (Å²) in [6.07, 6.45) is 2.30. The smallest absolute Gasteiger partial charge is 0.193 e. The molecular weight excluding hydrogens is 519 g/mol. The first kappa shape index (κ1) is 25.7. The zero-order chi connectivity index (χ0) is 21.3. The first-order valence-electron chi connectivity index (χ1n) is 11.8. The number of hydrogen-bond donors (Lipinski definition) is 1. The molecule has 3 atom stereocenters. The van der Waals surface area contributed by atoms with Crippen LogP contribution in [-0.4, -0.2) is 94.6 Å². The van der Waals surface area contributed by atoms with Gasteiger partial charge in [-0.25, -0.2) is 0 Å². The summed E-state index contributed by atoms with van der Waals surface area (Å²) < 4.78 is 17.3. The van der Waals surface area contributed by atoms with E-state index in [1.165, 1.54) is 5.56 Å². The largest absolute Gasteiger partial charge is 0.381 e. The first-order chi connectivity index (χ1) is 15.3. The minimum absolute atomic E-state index is 0. The summed E-state index contributed by atoms with van der Waals surface area (Å²) in [7, 11) is 1.89. The van der Waals surface area contributed by atoms with Crippen LogP contribution in [0.15, 0.2) is 35.3 Å². The van der Waals surface area contributed by atoms with E-state index in [0.29, 0.717) is 24.5 Å². The third-order valence-corrected chi connectivity index (χ3v) is 6.76. The number of ether oxygens (including phenoxy) is 3. The van der Waals surface area contributed by atoms with Crippen molar-refractivity contribution in [3.8, 4) is 0 Å². The molecule has 4 rings (SSSR count). The highest BCUT2D eigenvalue weighted by atomic mass is 127. The fraction of sp³-hybridized carbons (Fsp3) is 0.708. The zero-order valence-corrected chi connectivity index (χ0v) is 21.6. The van der Waals surface area contributed by atoms with Gasteiger partial charge in [0.05, 0.1) is 33.0 Å². The summed E-state index contributed by atoms with van der Waals surface area (Å²) in [6.45, 7) is 9.86. The maximum atomic E-state index is 5.99. The Hall–Kier alpha value is -0.940. The Labute approximate surface area is 209 Å². The maximum absolute atomic E-state index is 5.99. The molecular formula is C24H39IN4O3. The SMILES string of the molecule is CN=C(NCC(C1CCOC1)N1CCOCC1)N1CCC(COCc2ccccc2)C1.I. The maximum Gasteiger partial charge on any atom is 0.193 e. The highest BCUT2D eigenvalue weighted by Gasteiger charge is 2.32. The van der Waals surface area contributed by atoms with E-state index in [-0.39, 0.29) is 24.0 Å². The summed E-state index contributed by atoms with van der Waals surface area (Å²) in [6, 6.07) is 10.9. The van der Waals surface area contributed by atoms with Crippen LogP contribution < -0.4 is 5.32 Å². The number of nitrogens with zero attached hydrogens (tertiary/aromatic N) is 3. The number of hydrogen-bond acceptors (Lipinski definition) is 5. The fourth-order valence-corrected chi connectivity index (χ4v) is 4.97. The molecule has 3 fully saturated rings. The number of guanidine groups is 1. The average molecular weight is 559 g/mol. The summed E-state index contributed by atoms with van der Waals surface area (Å²) in [4.78, 5) is 9.56. The van der Waals surface area contributed by atoms with Crippen LogP contribution in [0.1, 0.15) is 18.4 Å². The molecule has 0 saturated carbocycles. The molecule has 0 bridgehead atoms. The van der Waals surface area contributed by atoms with Crippen molar-refractivity contribution in [2.24, 2.45) is 16.8 Å². The lowest BCUT2D eigenvalue weighted by atomic mass is 9.97. The van der Waals surface area contributed by atoms with Crippen molar-refractivity contribution in [3.63, 3.8) is 0 Å². The van der Waals surface area contributed by atoms with Gasteiger partial charge in [-0.1, -0.05) is 30.3 Å². The number of morpholine rings is 1. The molecule has 0 amide bonds. The van der Waals surface area contributed by atoms with Gasteiger partial charge in [0, 0.05) is 64.3 Å². The summed E-state index contributed by atoms with van der Waals surface area (Å²) in [5, 5.41) is 3.69. The molecule has 3 unspecified atom stereocenters. The van der Waals surface area contributed by atoms with Gasteiger partial charge in [-0.15, -0.1) is 24.0 Å². The minimum Gasteiger partial charge on any atom is -0.381 e. The van der Waals surface area contributed by atoms with Crippen LogP contribution in [0.3, 0.4) is 0 Å². The predicted octanol–water partition coefficient (Wildman–Crippen LogP) is 2.46. The Morgan fingerprint density at radius 1 is 1.12 bits per heavy atom. The van der Waals surface area contributed by atoms with Gasteiger partial charge in [-0.2, -0.15) is 0 Å². The molecule has 3 aliphatic heterocycles. The minimum atomic E-state index is 0. The van der Waals surface area contributed by atoms with Gasteiger partial charge in [0.1, 0.15) is 0 Å². The van der Waals surface area contributed by atoms with E-state index in [4.69, 9.17) is 14.2 Å². The van der Waals surface area contributed by atoms with Gasteiger partial charge in [0.2, 0.25) is 0 Å². The Balaban J connectivity index is 0.00000289. The second-order valence-electron chi connectivity index (χ2n) is 8.87. The van der Waals surface area contributed by atoms with Crippen LogP contribution in [0.2, 0.25) is 0 Å². The first-order valence-corrected chi connectivity index (χ1v) is 11.8. The average Bonchev–Trinajstić information content (AvgIpc) is 3.51. The molecule has 1 N–H and O–H groups in total. The van der Waals surface area contributed by atoms with Crippen molar-refractivity contribution in [2.45, 2.75) is 25.5 Å². The Bertz CT molecular complexity index is 681. The molecule has 0 radical (unpaired) electrons. The number of nitrogens with one attached hydrogen (secondary N) is 1. The van der Waals surface area contributed by atoms with E-state index in [2.05, 4.69) is 44.4 Å². The van der Waals surface area contributed by atoms with Crippen LogP contribution in [0.25, 0.3) is 0 Å². The van der Waals surface area contributed by atoms with Gasteiger partial charge >= 0.3 is 0 Å². The molecule has 3 aliphatic rings. The number of aliphatic imine (C=N–C) groups is 1. The molecule has 3 heterocycles. The van der Waals surface area contributed by atoms with Gasteiger partial charge in [0.15, 0.2) is 5.96 Å².